The molecule has 5 heteroatoms. The summed E-state index contributed by atoms with van der Waals surface area (Å²) >= 11 is 0. The lowest BCUT2D eigenvalue weighted by Gasteiger charge is -2.20. The van der Waals surface area contributed by atoms with Gasteiger partial charge < -0.3 is 4.90 Å². The van der Waals surface area contributed by atoms with Gasteiger partial charge in [-0.25, -0.2) is 4.98 Å². The Labute approximate surface area is 104 Å². The van der Waals surface area contributed by atoms with Crippen LogP contribution in [0.25, 0.3) is 0 Å². The van der Waals surface area contributed by atoms with Gasteiger partial charge in [0.1, 0.15) is 5.82 Å². The number of pyridine rings is 1. The Hall–Kier alpha value is -1.41. The zero-order chi connectivity index (χ0) is 12.3. The molecule has 1 fully saturated rings. The highest BCUT2D eigenvalue weighted by Gasteiger charge is 2.20. The van der Waals surface area contributed by atoms with Crippen LogP contribution in [0.3, 0.4) is 0 Å². The summed E-state index contributed by atoms with van der Waals surface area (Å²) < 4.78 is 11.7. The molecule has 17 heavy (non-hydrogen) atoms. The Balaban J connectivity index is 2.17. The molecule has 0 aliphatic carbocycles. The van der Waals surface area contributed by atoms with Crippen molar-refractivity contribution in [3.05, 3.63) is 23.9 Å². The molecular weight excluding hydrogens is 234 g/mol. The summed E-state index contributed by atoms with van der Waals surface area (Å²) in [6.07, 6.45) is 2.56. The number of aromatic nitrogens is 1. The highest BCUT2D eigenvalue weighted by molar-refractivity contribution is 7.85. The average Bonchev–Trinajstić information content (AvgIpc) is 2.53. The Morgan fingerprint density at radius 1 is 1.59 bits per heavy atom. The molecule has 0 N–H and O–H groups in total. The van der Waals surface area contributed by atoms with Crippen LogP contribution >= 0.6 is 0 Å². The fourth-order valence-corrected chi connectivity index (χ4v) is 3.04. The molecule has 1 aliphatic heterocycles. The van der Waals surface area contributed by atoms with Gasteiger partial charge in [0.15, 0.2) is 0 Å². The van der Waals surface area contributed by atoms with Gasteiger partial charge in [-0.1, -0.05) is 6.92 Å². The minimum absolute atomic E-state index is 0.249. The maximum Gasteiger partial charge on any atom is 0.129 e. The van der Waals surface area contributed by atoms with Gasteiger partial charge in [-0.2, -0.15) is 5.26 Å². The molecular formula is C12H15N3OS. The Kier molecular flexibility index (Phi) is 3.75. The van der Waals surface area contributed by atoms with Crippen molar-refractivity contribution in [2.24, 2.45) is 0 Å². The van der Waals surface area contributed by atoms with Crippen molar-refractivity contribution in [3.63, 3.8) is 0 Å². The monoisotopic (exact) mass is 249 g/mol. The van der Waals surface area contributed by atoms with E-state index in [1.54, 1.807) is 18.3 Å². The van der Waals surface area contributed by atoms with Crippen LogP contribution < -0.4 is 4.90 Å². The number of hydrogen-bond acceptors (Lipinski definition) is 4. The van der Waals surface area contributed by atoms with E-state index in [4.69, 9.17) is 5.26 Å². The molecule has 90 valence electrons. The van der Waals surface area contributed by atoms with Crippen LogP contribution in [0.15, 0.2) is 18.3 Å². The van der Waals surface area contributed by atoms with Crippen molar-refractivity contribution >= 4 is 16.6 Å². The van der Waals surface area contributed by atoms with Crippen molar-refractivity contribution in [1.29, 1.82) is 5.26 Å². The van der Waals surface area contributed by atoms with E-state index in [0.29, 0.717) is 11.3 Å². The van der Waals surface area contributed by atoms with Crippen LogP contribution in [-0.4, -0.2) is 33.3 Å². The first-order chi connectivity index (χ1) is 8.20. The Bertz CT molecular complexity index is 469. The Morgan fingerprint density at radius 2 is 2.41 bits per heavy atom. The maximum absolute atomic E-state index is 11.7. The average molecular weight is 249 g/mol. The van der Waals surface area contributed by atoms with E-state index in [1.807, 2.05) is 6.92 Å². The molecule has 0 aromatic carbocycles. The van der Waals surface area contributed by atoms with Gasteiger partial charge in [0.05, 0.1) is 11.6 Å². The van der Waals surface area contributed by atoms with E-state index < -0.39 is 10.8 Å². The normalized spacial score (nSPS) is 25.1. The topological polar surface area (TPSA) is 57.0 Å². The predicted molar refractivity (Wildman–Crippen MR) is 68.3 cm³/mol. The molecule has 1 aliphatic rings. The first-order valence-corrected chi connectivity index (χ1v) is 7.07. The molecule has 2 rings (SSSR count). The van der Waals surface area contributed by atoms with E-state index >= 15 is 0 Å². The van der Waals surface area contributed by atoms with Crippen LogP contribution in [0.5, 0.6) is 0 Å². The molecule has 1 aromatic rings. The fraction of sp³-hybridized carbons (Fsp3) is 0.500. The summed E-state index contributed by atoms with van der Waals surface area (Å²) in [5.74, 6) is 1.50. The lowest BCUT2D eigenvalue weighted by Crippen LogP contribution is -2.27. The second kappa shape index (κ2) is 5.28. The molecule has 2 atom stereocenters. The highest BCUT2D eigenvalue weighted by Crippen LogP contribution is 2.17. The first kappa shape index (κ1) is 12.1. The number of nitriles is 1. The minimum atomic E-state index is -0.738. The molecule has 0 bridgehead atoms. The molecule has 1 aromatic heterocycles. The number of nitrogens with zero attached hydrogens (tertiary/aromatic N) is 3. The lowest BCUT2D eigenvalue weighted by atomic mass is 10.2. The third kappa shape index (κ3) is 2.83. The third-order valence-corrected chi connectivity index (χ3v) is 4.73. The van der Waals surface area contributed by atoms with E-state index in [-0.39, 0.29) is 5.25 Å². The largest absolute Gasteiger partial charge is 0.356 e. The van der Waals surface area contributed by atoms with Crippen molar-refractivity contribution in [1.82, 2.24) is 4.98 Å². The fourth-order valence-electron chi connectivity index (χ4n) is 1.87. The van der Waals surface area contributed by atoms with E-state index in [2.05, 4.69) is 16.0 Å². The second-order valence-corrected chi connectivity index (χ2v) is 6.16. The van der Waals surface area contributed by atoms with Gasteiger partial charge in [0.25, 0.3) is 0 Å². The van der Waals surface area contributed by atoms with E-state index in [0.717, 1.165) is 25.3 Å². The smallest absolute Gasteiger partial charge is 0.129 e. The molecule has 0 radical (unpaired) electrons. The molecule has 1 saturated heterocycles. The first-order valence-electron chi connectivity index (χ1n) is 5.69. The molecule has 4 nitrogen and oxygen atoms in total. The number of rotatable bonds is 1. The third-order valence-electron chi connectivity index (χ3n) is 3.02. The van der Waals surface area contributed by atoms with E-state index in [1.165, 1.54) is 0 Å². The predicted octanol–water partition coefficient (Wildman–Crippen LogP) is 1.30. The van der Waals surface area contributed by atoms with Crippen molar-refractivity contribution < 1.29 is 4.21 Å². The number of anilines is 1. The molecule has 2 unspecified atom stereocenters. The van der Waals surface area contributed by atoms with Crippen LogP contribution in [0.4, 0.5) is 5.82 Å². The van der Waals surface area contributed by atoms with Gasteiger partial charge in [-0.05, 0) is 18.6 Å². The maximum atomic E-state index is 11.7. The van der Waals surface area contributed by atoms with Gasteiger partial charge in [-0.15, -0.1) is 0 Å². The Morgan fingerprint density at radius 3 is 3.18 bits per heavy atom. The summed E-state index contributed by atoms with van der Waals surface area (Å²) in [5.41, 5.74) is 0.619. The van der Waals surface area contributed by atoms with Crippen molar-refractivity contribution in [3.8, 4) is 6.07 Å². The summed E-state index contributed by atoms with van der Waals surface area (Å²) in [6, 6.07) is 5.60. The van der Waals surface area contributed by atoms with Crippen molar-refractivity contribution in [2.45, 2.75) is 18.6 Å². The summed E-state index contributed by atoms with van der Waals surface area (Å²) in [7, 11) is -0.738. The summed E-state index contributed by atoms with van der Waals surface area (Å²) in [4.78, 5) is 6.39. The second-order valence-electron chi connectivity index (χ2n) is 4.19. The van der Waals surface area contributed by atoms with Crippen LogP contribution in [0, 0.1) is 11.3 Å². The molecule has 0 spiro atoms. The van der Waals surface area contributed by atoms with Crippen LogP contribution in [0.2, 0.25) is 0 Å². The molecule has 2 heterocycles. The van der Waals surface area contributed by atoms with Gasteiger partial charge in [-0.3, -0.25) is 4.21 Å². The summed E-state index contributed by atoms with van der Waals surface area (Å²) in [6.45, 7) is 3.63. The molecule has 0 saturated carbocycles. The number of hydrogen-bond donors (Lipinski definition) is 0. The van der Waals surface area contributed by atoms with Gasteiger partial charge in [0, 0.05) is 41.1 Å². The minimum Gasteiger partial charge on any atom is -0.356 e. The van der Waals surface area contributed by atoms with Gasteiger partial charge in [0.2, 0.25) is 0 Å². The van der Waals surface area contributed by atoms with Crippen LogP contribution in [-0.2, 0) is 10.8 Å². The standard InChI is InChI=1S/C12H15N3OS/c1-10-3-5-15(6-7-17(10)16)12-8-11(9-13)2-4-14-12/h2,4,8,10H,3,5-7H2,1H3. The van der Waals surface area contributed by atoms with E-state index in [9.17, 15) is 4.21 Å². The zero-order valence-corrected chi connectivity index (χ0v) is 10.6. The zero-order valence-electron chi connectivity index (χ0n) is 9.80. The highest BCUT2D eigenvalue weighted by atomic mass is 32.2. The molecule has 0 amide bonds. The summed E-state index contributed by atoms with van der Waals surface area (Å²) in [5, 5.41) is 9.10. The quantitative estimate of drug-likeness (QED) is 0.753. The van der Waals surface area contributed by atoms with Crippen molar-refractivity contribution in [2.75, 3.05) is 23.7 Å². The van der Waals surface area contributed by atoms with Crippen LogP contribution in [0.1, 0.15) is 18.9 Å². The lowest BCUT2D eigenvalue weighted by molar-refractivity contribution is 0.671. The SMILES string of the molecule is CC1CCN(c2cc(C#N)ccn2)CCS1=O. The van der Waals surface area contributed by atoms with Gasteiger partial charge >= 0.3 is 0 Å².